The minimum Gasteiger partial charge on any atom is -0.491 e. The number of halogens is 2. The van der Waals surface area contributed by atoms with Gasteiger partial charge in [0.25, 0.3) is 5.91 Å². The number of fused-ring (bicyclic) bond motifs is 1. The summed E-state index contributed by atoms with van der Waals surface area (Å²) >= 11 is 0. The van der Waals surface area contributed by atoms with E-state index in [1.807, 2.05) is 0 Å². The molecule has 124 valence electrons. The van der Waals surface area contributed by atoms with Gasteiger partial charge in [-0.1, -0.05) is 0 Å². The number of carbonyl (C=O) groups is 2. The summed E-state index contributed by atoms with van der Waals surface area (Å²) in [5.74, 6) is -2.75. The summed E-state index contributed by atoms with van der Waals surface area (Å²) in [5, 5.41) is 0. The number of piperidine rings is 1. The topological polar surface area (TPSA) is 49.9 Å². The molecule has 2 atom stereocenters. The second-order valence-electron chi connectivity index (χ2n) is 6.02. The van der Waals surface area contributed by atoms with Gasteiger partial charge in [-0.3, -0.25) is 9.59 Å². The highest BCUT2D eigenvalue weighted by Gasteiger charge is 2.42. The van der Waals surface area contributed by atoms with Crippen molar-refractivity contribution in [1.29, 1.82) is 0 Å². The molecule has 2 saturated heterocycles. The third kappa shape index (κ3) is 2.54. The standard InChI is InChI=1S/C16H18F2N2O3/c1-19-12-5-6-20(8-9(12)7-13(19)21)16(22)10-3-4-11(17)15(23-2)14(10)18/h3-4,9,12H,5-8H2,1-2H3/t9-,12+/m1/s1. The fourth-order valence-electron chi connectivity index (χ4n) is 3.52. The van der Waals surface area contributed by atoms with Crippen LogP contribution in [0.5, 0.6) is 5.75 Å². The van der Waals surface area contributed by atoms with Crippen LogP contribution in [0.15, 0.2) is 12.1 Å². The van der Waals surface area contributed by atoms with Crippen molar-refractivity contribution in [2.75, 3.05) is 27.2 Å². The number of carbonyl (C=O) groups excluding carboxylic acids is 2. The van der Waals surface area contributed by atoms with Gasteiger partial charge in [0.05, 0.1) is 12.7 Å². The van der Waals surface area contributed by atoms with Gasteiger partial charge in [0.2, 0.25) is 5.91 Å². The van der Waals surface area contributed by atoms with E-state index in [4.69, 9.17) is 0 Å². The van der Waals surface area contributed by atoms with E-state index in [1.165, 1.54) is 4.90 Å². The maximum Gasteiger partial charge on any atom is 0.256 e. The quantitative estimate of drug-likeness (QED) is 0.831. The van der Waals surface area contributed by atoms with Crippen molar-refractivity contribution in [3.63, 3.8) is 0 Å². The Bertz CT molecular complexity index is 665. The second-order valence-corrected chi connectivity index (χ2v) is 6.02. The normalized spacial score (nSPS) is 23.9. The van der Waals surface area contributed by atoms with Gasteiger partial charge >= 0.3 is 0 Å². The number of benzene rings is 1. The van der Waals surface area contributed by atoms with Crippen molar-refractivity contribution in [3.8, 4) is 5.75 Å². The van der Waals surface area contributed by atoms with E-state index >= 15 is 0 Å². The predicted octanol–water partition coefficient (Wildman–Crippen LogP) is 1.67. The van der Waals surface area contributed by atoms with Gasteiger partial charge < -0.3 is 14.5 Å². The molecule has 23 heavy (non-hydrogen) atoms. The summed E-state index contributed by atoms with van der Waals surface area (Å²) in [7, 11) is 2.93. The number of likely N-dealkylation sites (tertiary alicyclic amines) is 2. The highest BCUT2D eigenvalue weighted by Crippen LogP contribution is 2.32. The van der Waals surface area contributed by atoms with E-state index < -0.39 is 23.3 Å². The van der Waals surface area contributed by atoms with Crippen LogP contribution in [-0.2, 0) is 4.79 Å². The summed E-state index contributed by atoms with van der Waals surface area (Å²) < 4.78 is 32.4. The molecule has 7 heteroatoms. The highest BCUT2D eigenvalue weighted by molar-refractivity contribution is 5.95. The fraction of sp³-hybridized carbons (Fsp3) is 0.500. The minimum absolute atomic E-state index is 0.0654. The van der Waals surface area contributed by atoms with E-state index in [0.717, 1.165) is 19.2 Å². The van der Waals surface area contributed by atoms with Crippen LogP contribution in [0.4, 0.5) is 8.78 Å². The van der Waals surface area contributed by atoms with E-state index in [-0.39, 0.29) is 23.4 Å². The zero-order valence-corrected chi connectivity index (χ0v) is 13.0. The average Bonchev–Trinajstić information content (AvgIpc) is 2.81. The Morgan fingerprint density at radius 3 is 2.78 bits per heavy atom. The summed E-state index contributed by atoms with van der Waals surface area (Å²) in [6.45, 7) is 0.843. The maximum atomic E-state index is 14.3. The van der Waals surface area contributed by atoms with Crippen LogP contribution in [0.1, 0.15) is 23.2 Å². The van der Waals surface area contributed by atoms with Crippen LogP contribution < -0.4 is 4.74 Å². The number of hydrogen-bond donors (Lipinski definition) is 0. The van der Waals surface area contributed by atoms with Gasteiger partial charge in [-0.2, -0.15) is 0 Å². The number of hydrogen-bond acceptors (Lipinski definition) is 3. The van der Waals surface area contributed by atoms with E-state index in [0.29, 0.717) is 25.9 Å². The first-order valence-corrected chi connectivity index (χ1v) is 7.51. The van der Waals surface area contributed by atoms with Gasteiger partial charge in [-0.25, -0.2) is 8.78 Å². The van der Waals surface area contributed by atoms with Crippen molar-refractivity contribution in [2.45, 2.75) is 18.9 Å². The van der Waals surface area contributed by atoms with Crippen molar-refractivity contribution in [2.24, 2.45) is 5.92 Å². The maximum absolute atomic E-state index is 14.3. The molecule has 0 spiro atoms. The Kier molecular flexibility index (Phi) is 3.95. The van der Waals surface area contributed by atoms with E-state index in [2.05, 4.69) is 4.74 Å². The highest BCUT2D eigenvalue weighted by atomic mass is 19.1. The molecule has 1 aromatic rings. The summed E-state index contributed by atoms with van der Waals surface area (Å²) in [5.41, 5.74) is -0.209. The SMILES string of the molecule is COc1c(F)ccc(C(=O)N2CC[C@H]3[C@H](CC(=O)N3C)C2)c1F. The molecule has 2 aliphatic heterocycles. The largest absolute Gasteiger partial charge is 0.491 e. The fourth-order valence-corrected chi connectivity index (χ4v) is 3.52. The van der Waals surface area contributed by atoms with Crippen LogP contribution in [0.25, 0.3) is 0 Å². The van der Waals surface area contributed by atoms with Gasteiger partial charge in [-0.05, 0) is 18.6 Å². The first-order valence-electron chi connectivity index (χ1n) is 7.51. The molecule has 2 heterocycles. The average molecular weight is 324 g/mol. The molecular formula is C16H18F2N2O3. The molecule has 1 aromatic carbocycles. The number of rotatable bonds is 2. The molecule has 2 amide bonds. The summed E-state index contributed by atoms with van der Waals surface area (Å²) in [4.78, 5) is 27.6. The van der Waals surface area contributed by atoms with Crippen LogP contribution >= 0.6 is 0 Å². The van der Waals surface area contributed by atoms with Crippen LogP contribution in [-0.4, -0.2) is 54.9 Å². The van der Waals surface area contributed by atoms with E-state index in [9.17, 15) is 18.4 Å². The molecule has 0 saturated carbocycles. The van der Waals surface area contributed by atoms with E-state index in [1.54, 1.807) is 11.9 Å². The lowest BCUT2D eigenvalue weighted by Crippen LogP contribution is -2.47. The summed E-state index contributed by atoms with van der Waals surface area (Å²) in [6.07, 6.45) is 1.07. The molecule has 3 rings (SSSR count). The predicted molar refractivity (Wildman–Crippen MR) is 78.1 cm³/mol. The lowest BCUT2D eigenvalue weighted by molar-refractivity contribution is -0.127. The van der Waals surface area contributed by atoms with Crippen molar-refractivity contribution >= 4 is 11.8 Å². The number of methoxy groups -OCH3 is 1. The second kappa shape index (κ2) is 5.79. The van der Waals surface area contributed by atoms with Crippen LogP contribution in [0, 0.1) is 17.6 Å². The Morgan fingerprint density at radius 1 is 1.35 bits per heavy atom. The smallest absolute Gasteiger partial charge is 0.256 e. The molecule has 2 aliphatic rings. The molecule has 0 aliphatic carbocycles. The molecule has 0 radical (unpaired) electrons. The first-order chi connectivity index (χ1) is 10.9. The minimum atomic E-state index is -0.987. The Labute approximate surface area is 132 Å². The molecule has 0 bridgehead atoms. The third-order valence-corrected chi connectivity index (χ3v) is 4.79. The molecule has 5 nitrogen and oxygen atoms in total. The lowest BCUT2D eigenvalue weighted by Gasteiger charge is -2.36. The van der Waals surface area contributed by atoms with Crippen molar-refractivity contribution in [3.05, 3.63) is 29.3 Å². The van der Waals surface area contributed by atoms with Crippen molar-refractivity contribution in [1.82, 2.24) is 9.80 Å². The zero-order valence-electron chi connectivity index (χ0n) is 13.0. The van der Waals surface area contributed by atoms with Crippen LogP contribution in [0.2, 0.25) is 0 Å². The van der Waals surface area contributed by atoms with Gasteiger partial charge in [0.15, 0.2) is 17.4 Å². The molecule has 0 unspecified atom stereocenters. The molecule has 0 N–H and O–H groups in total. The number of amides is 2. The Hall–Kier alpha value is -2.18. The monoisotopic (exact) mass is 324 g/mol. The Morgan fingerprint density at radius 2 is 2.09 bits per heavy atom. The van der Waals surface area contributed by atoms with Gasteiger partial charge in [-0.15, -0.1) is 0 Å². The lowest BCUT2D eigenvalue weighted by atomic mass is 9.92. The number of nitrogens with zero attached hydrogens (tertiary/aromatic N) is 2. The molecule has 0 aromatic heterocycles. The zero-order chi connectivity index (χ0) is 16.7. The van der Waals surface area contributed by atoms with Gasteiger partial charge in [0, 0.05) is 38.5 Å². The van der Waals surface area contributed by atoms with Gasteiger partial charge in [0.1, 0.15) is 0 Å². The van der Waals surface area contributed by atoms with Crippen LogP contribution in [0.3, 0.4) is 0 Å². The third-order valence-electron chi connectivity index (χ3n) is 4.79. The first kappa shape index (κ1) is 15.7. The number of ether oxygens (including phenoxy) is 1. The molecular weight excluding hydrogens is 306 g/mol. The van der Waals surface area contributed by atoms with Crippen molar-refractivity contribution < 1.29 is 23.1 Å². The Balaban J connectivity index is 1.81. The summed E-state index contributed by atoms with van der Waals surface area (Å²) in [6, 6.07) is 2.29. The molecule has 2 fully saturated rings.